The quantitative estimate of drug-likeness (QED) is 0.826. The molecule has 4 nitrogen and oxygen atoms in total. The largest absolute Gasteiger partial charge is 0.370 e. The molecule has 0 radical (unpaired) electrons. The molecule has 1 amide bonds. The highest BCUT2D eigenvalue weighted by molar-refractivity contribution is 5.93. The van der Waals surface area contributed by atoms with E-state index in [9.17, 15) is 4.79 Å². The van der Waals surface area contributed by atoms with Crippen molar-refractivity contribution in [3.05, 3.63) is 29.3 Å². The third-order valence-corrected chi connectivity index (χ3v) is 3.61. The summed E-state index contributed by atoms with van der Waals surface area (Å²) in [5.74, 6) is 0.0981. The van der Waals surface area contributed by atoms with Crippen LogP contribution in [0.15, 0.2) is 18.2 Å². The molecule has 0 saturated carbocycles. The van der Waals surface area contributed by atoms with Crippen molar-refractivity contribution in [2.45, 2.75) is 20.3 Å². The van der Waals surface area contributed by atoms with Gasteiger partial charge in [-0.05, 0) is 24.5 Å². The Morgan fingerprint density at radius 3 is 2.79 bits per heavy atom. The fourth-order valence-corrected chi connectivity index (χ4v) is 2.45. The molecule has 4 heteroatoms. The molecule has 1 aliphatic rings. The minimum atomic E-state index is 0.0981. The van der Waals surface area contributed by atoms with E-state index >= 15 is 0 Å². The van der Waals surface area contributed by atoms with Crippen LogP contribution in [0.4, 0.5) is 5.69 Å². The number of ether oxygens (including phenoxy) is 1. The number of aryl methyl sites for hydroxylation is 2. The Morgan fingerprint density at radius 1 is 1.37 bits per heavy atom. The van der Waals surface area contributed by atoms with E-state index in [1.54, 1.807) is 0 Å². The lowest BCUT2D eigenvalue weighted by atomic mass is 10.1. The molecule has 2 rings (SSSR count). The van der Waals surface area contributed by atoms with E-state index < -0.39 is 0 Å². The van der Waals surface area contributed by atoms with Gasteiger partial charge in [-0.3, -0.25) is 4.79 Å². The average Bonchev–Trinajstić information content (AvgIpc) is 2.42. The van der Waals surface area contributed by atoms with Crippen LogP contribution in [-0.2, 0) is 16.0 Å². The molecule has 0 atom stereocenters. The normalized spacial score (nSPS) is 16.3. The smallest absolute Gasteiger partial charge is 0.279 e. The summed E-state index contributed by atoms with van der Waals surface area (Å²) in [5.41, 5.74) is 3.32. The molecule has 104 valence electrons. The number of amides is 1. The van der Waals surface area contributed by atoms with Gasteiger partial charge in [-0.1, -0.05) is 25.1 Å². The van der Waals surface area contributed by atoms with Crippen molar-refractivity contribution in [1.82, 2.24) is 0 Å². The zero-order chi connectivity index (χ0) is 13.7. The molecular formula is C15H23N2O2+. The molecule has 0 unspecified atom stereocenters. The number of hydrogen-bond donors (Lipinski definition) is 2. The minimum Gasteiger partial charge on any atom is -0.370 e. The van der Waals surface area contributed by atoms with Crippen LogP contribution in [-0.4, -0.2) is 38.8 Å². The standard InChI is InChI=1S/C15H22N2O2/c1-3-13-6-4-5-12(2)15(13)16-14(18)11-17-7-9-19-10-8-17/h4-6H,3,7-11H2,1-2H3,(H,16,18)/p+1. The van der Waals surface area contributed by atoms with Crippen molar-refractivity contribution in [2.75, 3.05) is 38.2 Å². The van der Waals surface area contributed by atoms with Crippen LogP contribution in [0.5, 0.6) is 0 Å². The maximum absolute atomic E-state index is 12.1. The molecule has 1 heterocycles. The van der Waals surface area contributed by atoms with E-state index in [-0.39, 0.29) is 5.91 Å². The van der Waals surface area contributed by atoms with Gasteiger partial charge in [0.15, 0.2) is 6.54 Å². The number of anilines is 1. The van der Waals surface area contributed by atoms with Crippen LogP contribution < -0.4 is 10.2 Å². The van der Waals surface area contributed by atoms with E-state index in [1.807, 2.05) is 19.1 Å². The highest BCUT2D eigenvalue weighted by atomic mass is 16.5. The fraction of sp³-hybridized carbons (Fsp3) is 0.533. The first-order chi connectivity index (χ1) is 9.20. The van der Waals surface area contributed by atoms with Crippen molar-refractivity contribution >= 4 is 11.6 Å². The molecule has 2 N–H and O–H groups in total. The van der Waals surface area contributed by atoms with Crippen LogP contribution in [0, 0.1) is 6.92 Å². The van der Waals surface area contributed by atoms with Crippen molar-refractivity contribution < 1.29 is 14.4 Å². The van der Waals surface area contributed by atoms with E-state index in [0.29, 0.717) is 6.54 Å². The van der Waals surface area contributed by atoms with Crippen molar-refractivity contribution in [2.24, 2.45) is 0 Å². The Kier molecular flexibility index (Phi) is 4.93. The van der Waals surface area contributed by atoms with Gasteiger partial charge in [-0.2, -0.15) is 0 Å². The van der Waals surface area contributed by atoms with E-state index in [4.69, 9.17) is 4.74 Å². The van der Waals surface area contributed by atoms with Gasteiger partial charge in [0.05, 0.1) is 13.2 Å². The number of nitrogens with one attached hydrogen (secondary N) is 2. The van der Waals surface area contributed by atoms with Gasteiger partial charge in [-0.25, -0.2) is 0 Å². The second-order valence-electron chi connectivity index (χ2n) is 5.05. The number of morpholine rings is 1. The van der Waals surface area contributed by atoms with Crippen LogP contribution in [0.1, 0.15) is 18.1 Å². The van der Waals surface area contributed by atoms with Gasteiger partial charge in [0.2, 0.25) is 0 Å². The van der Waals surface area contributed by atoms with Gasteiger partial charge >= 0.3 is 0 Å². The Hall–Kier alpha value is -1.39. The number of rotatable bonds is 4. The third kappa shape index (κ3) is 3.78. The summed E-state index contributed by atoms with van der Waals surface area (Å²) in [6.45, 7) is 8.03. The maximum Gasteiger partial charge on any atom is 0.279 e. The SMILES string of the molecule is CCc1cccc(C)c1NC(=O)C[NH+]1CCOCC1. The first-order valence-electron chi connectivity index (χ1n) is 7.00. The number of benzene rings is 1. The first kappa shape index (κ1) is 14.0. The Balaban J connectivity index is 1.98. The van der Waals surface area contributed by atoms with E-state index in [0.717, 1.165) is 44.0 Å². The second kappa shape index (κ2) is 6.68. The lowest BCUT2D eigenvalue weighted by molar-refractivity contribution is -0.899. The summed E-state index contributed by atoms with van der Waals surface area (Å²) in [5, 5.41) is 3.08. The highest BCUT2D eigenvalue weighted by Crippen LogP contribution is 2.20. The molecule has 0 bridgehead atoms. The van der Waals surface area contributed by atoms with Gasteiger partial charge in [-0.15, -0.1) is 0 Å². The predicted octanol–water partition coefficient (Wildman–Crippen LogP) is 0.411. The molecule has 0 aromatic heterocycles. The molecule has 0 spiro atoms. The molecule has 1 fully saturated rings. The summed E-state index contributed by atoms with van der Waals surface area (Å²) >= 11 is 0. The van der Waals surface area contributed by atoms with Crippen molar-refractivity contribution in [3.8, 4) is 0 Å². The summed E-state index contributed by atoms with van der Waals surface area (Å²) < 4.78 is 5.30. The number of para-hydroxylation sites is 1. The predicted molar refractivity (Wildman–Crippen MR) is 75.6 cm³/mol. The number of carbonyl (C=O) groups excluding carboxylic acids is 1. The number of carbonyl (C=O) groups is 1. The second-order valence-corrected chi connectivity index (χ2v) is 5.05. The molecular weight excluding hydrogens is 240 g/mol. The minimum absolute atomic E-state index is 0.0981. The lowest BCUT2D eigenvalue weighted by Crippen LogP contribution is -3.15. The van der Waals surface area contributed by atoms with E-state index in [1.165, 1.54) is 10.5 Å². The summed E-state index contributed by atoms with van der Waals surface area (Å²) in [6.07, 6.45) is 0.932. The van der Waals surface area contributed by atoms with Gasteiger partial charge in [0, 0.05) is 5.69 Å². The maximum atomic E-state index is 12.1. The molecule has 1 saturated heterocycles. The molecule has 19 heavy (non-hydrogen) atoms. The Labute approximate surface area is 114 Å². The van der Waals surface area contributed by atoms with Gasteiger partial charge in [0.1, 0.15) is 13.1 Å². The van der Waals surface area contributed by atoms with Crippen LogP contribution >= 0.6 is 0 Å². The van der Waals surface area contributed by atoms with Crippen LogP contribution in [0.25, 0.3) is 0 Å². The van der Waals surface area contributed by atoms with Crippen molar-refractivity contribution in [3.63, 3.8) is 0 Å². The zero-order valence-electron chi connectivity index (χ0n) is 11.8. The summed E-state index contributed by atoms with van der Waals surface area (Å²) in [6, 6.07) is 6.15. The Morgan fingerprint density at radius 2 is 2.11 bits per heavy atom. The number of quaternary nitrogens is 1. The highest BCUT2D eigenvalue weighted by Gasteiger charge is 2.18. The zero-order valence-corrected chi connectivity index (χ0v) is 11.8. The molecule has 1 aromatic rings. The molecule has 1 aliphatic heterocycles. The third-order valence-electron chi connectivity index (χ3n) is 3.61. The van der Waals surface area contributed by atoms with Crippen LogP contribution in [0.2, 0.25) is 0 Å². The lowest BCUT2D eigenvalue weighted by Gasteiger charge is -2.23. The Bertz CT molecular complexity index is 440. The van der Waals surface area contributed by atoms with Crippen LogP contribution in [0.3, 0.4) is 0 Å². The molecule has 0 aliphatic carbocycles. The van der Waals surface area contributed by atoms with E-state index in [2.05, 4.69) is 18.3 Å². The summed E-state index contributed by atoms with van der Waals surface area (Å²) in [4.78, 5) is 13.4. The summed E-state index contributed by atoms with van der Waals surface area (Å²) in [7, 11) is 0. The van der Waals surface area contributed by atoms with Gasteiger partial charge < -0.3 is 15.0 Å². The first-order valence-corrected chi connectivity index (χ1v) is 7.00. The monoisotopic (exact) mass is 263 g/mol. The number of hydrogen-bond acceptors (Lipinski definition) is 2. The van der Waals surface area contributed by atoms with Gasteiger partial charge in [0.25, 0.3) is 5.91 Å². The topological polar surface area (TPSA) is 42.8 Å². The fourth-order valence-electron chi connectivity index (χ4n) is 2.45. The van der Waals surface area contributed by atoms with Crippen molar-refractivity contribution in [1.29, 1.82) is 0 Å². The average molecular weight is 263 g/mol. The molecule has 1 aromatic carbocycles.